The highest BCUT2D eigenvalue weighted by Crippen LogP contribution is 2.24. The fourth-order valence-corrected chi connectivity index (χ4v) is 3.59. The van der Waals surface area contributed by atoms with Crippen molar-refractivity contribution in [3.63, 3.8) is 0 Å². The molecule has 11 heteroatoms. The van der Waals surface area contributed by atoms with Gasteiger partial charge in [0.1, 0.15) is 54.0 Å². The Hall–Kier alpha value is -4.48. The molecular weight excluding hydrogens is 500 g/mol. The summed E-state index contributed by atoms with van der Waals surface area (Å²) >= 11 is 0. The molecule has 1 atom stereocenters. The third-order valence-corrected chi connectivity index (χ3v) is 5.32. The number of benzene rings is 2. The molecule has 1 N–H and O–H groups in total. The number of carbonyl (C=O) groups excluding carboxylic acids is 2. The molecule has 0 amide bonds. The van der Waals surface area contributed by atoms with Crippen molar-refractivity contribution in [3.05, 3.63) is 80.5 Å². The number of Topliss-reactive ketones (excluding diaryl/α,β-unsaturated/α-hetero) is 1. The maximum absolute atomic E-state index is 12.6. The highest BCUT2D eigenvalue weighted by Gasteiger charge is 2.17. The average molecular weight is 524 g/mol. The summed E-state index contributed by atoms with van der Waals surface area (Å²) in [6.07, 6.45) is -1.10. The van der Waals surface area contributed by atoms with Gasteiger partial charge < -0.3 is 32.9 Å². The lowest BCUT2D eigenvalue weighted by molar-refractivity contribution is 0.0490. The van der Waals surface area contributed by atoms with Crippen LogP contribution in [0.5, 0.6) is 11.5 Å². The molecule has 0 spiro atoms. The summed E-state index contributed by atoms with van der Waals surface area (Å²) in [5, 5.41) is 10.7. The number of fused-ring (bicyclic) bond motifs is 2. The number of aliphatic hydroxyl groups is 1. The second-order valence-electron chi connectivity index (χ2n) is 8.09. The van der Waals surface area contributed by atoms with E-state index >= 15 is 0 Å². The van der Waals surface area contributed by atoms with Crippen LogP contribution in [0.25, 0.3) is 21.9 Å². The molecule has 0 aliphatic heterocycles. The third kappa shape index (κ3) is 5.90. The highest BCUT2D eigenvalue weighted by atomic mass is 16.5. The highest BCUT2D eigenvalue weighted by molar-refractivity contribution is 5.96. The zero-order chi connectivity index (χ0) is 27.2. The summed E-state index contributed by atoms with van der Waals surface area (Å²) in [6, 6.07) is 11.2. The standard InChI is InChI=1S/C27H24O11/c1-3-34-27(32)25-11-19(30)26-22(5-4-6-23(26)38-25)36-13-15(28)12-35-16-7-8-21-17(9-16)18(29)10-24(37-21)20(31)14-33-2/h4-11,15,28H,3,12-14H2,1-2H3. The van der Waals surface area contributed by atoms with Crippen LogP contribution in [-0.4, -0.2) is 56.5 Å². The van der Waals surface area contributed by atoms with Gasteiger partial charge in [0.25, 0.3) is 0 Å². The number of methoxy groups -OCH3 is 1. The molecule has 0 radical (unpaired) electrons. The number of ether oxygens (including phenoxy) is 4. The Balaban J connectivity index is 1.42. The lowest BCUT2D eigenvalue weighted by Crippen LogP contribution is -2.25. The molecule has 0 aliphatic rings. The maximum Gasteiger partial charge on any atom is 0.374 e. The van der Waals surface area contributed by atoms with E-state index in [0.29, 0.717) is 0 Å². The first-order chi connectivity index (χ1) is 18.3. The van der Waals surface area contributed by atoms with Gasteiger partial charge in [-0.2, -0.15) is 0 Å². The molecule has 38 heavy (non-hydrogen) atoms. The van der Waals surface area contributed by atoms with Gasteiger partial charge >= 0.3 is 5.97 Å². The summed E-state index contributed by atoms with van der Waals surface area (Å²) in [5.74, 6) is -1.09. The van der Waals surface area contributed by atoms with Crippen molar-refractivity contribution in [1.29, 1.82) is 0 Å². The Labute approximate surface area is 215 Å². The van der Waals surface area contributed by atoms with Crippen LogP contribution in [0, 0.1) is 0 Å². The first-order valence-corrected chi connectivity index (χ1v) is 11.6. The zero-order valence-corrected chi connectivity index (χ0v) is 20.6. The molecule has 0 fully saturated rings. The molecule has 4 rings (SSSR count). The van der Waals surface area contributed by atoms with Crippen LogP contribution in [-0.2, 0) is 9.47 Å². The molecule has 2 aromatic carbocycles. The van der Waals surface area contributed by atoms with E-state index in [1.807, 2.05) is 0 Å². The van der Waals surface area contributed by atoms with Crippen LogP contribution in [0.2, 0.25) is 0 Å². The Morgan fingerprint density at radius 2 is 1.66 bits per heavy atom. The number of aliphatic hydroxyl groups excluding tert-OH is 1. The first-order valence-electron chi connectivity index (χ1n) is 11.6. The molecule has 198 valence electrons. The number of carbonyl (C=O) groups is 2. The largest absolute Gasteiger partial charge is 0.491 e. The van der Waals surface area contributed by atoms with Gasteiger partial charge in [-0.1, -0.05) is 6.07 Å². The number of rotatable bonds is 11. The van der Waals surface area contributed by atoms with Crippen LogP contribution in [0.4, 0.5) is 0 Å². The summed E-state index contributed by atoms with van der Waals surface area (Å²) < 4.78 is 31.8. The van der Waals surface area contributed by atoms with E-state index in [4.69, 9.17) is 27.8 Å². The van der Waals surface area contributed by atoms with Gasteiger partial charge in [-0.25, -0.2) is 4.79 Å². The average Bonchev–Trinajstić information content (AvgIpc) is 2.90. The zero-order valence-electron chi connectivity index (χ0n) is 20.6. The number of esters is 1. The fraction of sp³-hybridized carbons (Fsp3) is 0.259. The number of hydrogen-bond donors (Lipinski definition) is 1. The second-order valence-corrected chi connectivity index (χ2v) is 8.09. The van der Waals surface area contributed by atoms with Gasteiger partial charge in [0, 0.05) is 19.2 Å². The SMILES string of the molecule is CCOC(=O)c1cc(=O)c2c(OCC(O)COc3ccc4oc(C(=O)COC)cc(=O)c4c3)cccc2o1. The number of hydrogen-bond acceptors (Lipinski definition) is 11. The minimum absolute atomic E-state index is 0.106. The molecular formula is C27H24O11. The summed E-state index contributed by atoms with van der Waals surface area (Å²) in [6.45, 7) is 1.14. The van der Waals surface area contributed by atoms with Crippen molar-refractivity contribution in [2.45, 2.75) is 13.0 Å². The van der Waals surface area contributed by atoms with Crippen molar-refractivity contribution in [3.8, 4) is 11.5 Å². The topological polar surface area (TPSA) is 152 Å². The Bertz CT molecular complexity index is 1600. The molecule has 0 bridgehead atoms. The van der Waals surface area contributed by atoms with Crippen molar-refractivity contribution >= 4 is 33.7 Å². The quantitative estimate of drug-likeness (QED) is 0.228. The summed E-state index contributed by atoms with van der Waals surface area (Å²) in [5.41, 5.74) is -0.599. The third-order valence-electron chi connectivity index (χ3n) is 5.32. The molecule has 1 unspecified atom stereocenters. The lowest BCUT2D eigenvalue weighted by atomic mass is 10.2. The van der Waals surface area contributed by atoms with Crippen molar-refractivity contribution in [2.75, 3.05) is 33.5 Å². The van der Waals surface area contributed by atoms with Gasteiger partial charge in [-0.05, 0) is 37.3 Å². The van der Waals surface area contributed by atoms with Crippen LogP contribution in [0.1, 0.15) is 28.0 Å². The Morgan fingerprint density at radius 3 is 2.42 bits per heavy atom. The van der Waals surface area contributed by atoms with Crippen LogP contribution < -0.4 is 20.3 Å². The second kappa shape index (κ2) is 11.7. The van der Waals surface area contributed by atoms with E-state index in [0.717, 1.165) is 12.1 Å². The van der Waals surface area contributed by atoms with Gasteiger partial charge in [0.15, 0.2) is 16.6 Å². The Morgan fingerprint density at radius 1 is 0.921 bits per heavy atom. The van der Waals surface area contributed by atoms with Crippen molar-refractivity contribution in [2.24, 2.45) is 0 Å². The fourth-order valence-electron chi connectivity index (χ4n) is 3.59. The Kier molecular flexibility index (Phi) is 8.19. The minimum Gasteiger partial charge on any atom is -0.491 e. The van der Waals surface area contributed by atoms with Gasteiger partial charge in [0.05, 0.1) is 12.0 Å². The molecule has 2 heterocycles. The molecule has 4 aromatic rings. The maximum atomic E-state index is 12.6. The van der Waals surface area contributed by atoms with E-state index < -0.39 is 28.7 Å². The number of ketones is 1. The molecule has 0 saturated heterocycles. The summed E-state index contributed by atoms with van der Waals surface area (Å²) in [7, 11) is 1.36. The predicted molar refractivity (Wildman–Crippen MR) is 134 cm³/mol. The van der Waals surface area contributed by atoms with Crippen LogP contribution >= 0.6 is 0 Å². The molecule has 0 aliphatic carbocycles. The van der Waals surface area contributed by atoms with Crippen LogP contribution in [0.3, 0.4) is 0 Å². The normalized spacial score (nSPS) is 11.9. The summed E-state index contributed by atoms with van der Waals surface area (Å²) in [4.78, 5) is 48.9. The smallest absolute Gasteiger partial charge is 0.374 e. The van der Waals surface area contributed by atoms with E-state index in [1.165, 1.54) is 37.4 Å². The van der Waals surface area contributed by atoms with E-state index in [1.54, 1.807) is 13.0 Å². The molecule has 0 saturated carbocycles. The predicted octanol–water partition coefficient (Wildman–Crippen LogP) is 2.72. The monoisotopic (exact) mass is 524 g/mol. The van der Waals surface area contributed by atoms with E-state index in [2.05, 4.69) is 0 Å². The van der Waals surface area contributed by atoms with Gasteiger partial charge in [0.2, 0.25) is 11.5 Å². The molecule has 2 aromatic heterocycles. The van der Waals surface area contributed by atoms with Crippen molar-refractivity contribution in [1.82, 2.24) is 0 Å². The minimum atomic E-state index is -1.10. The van der Waals surface area contributed by atoms with Crippen LogP contribution in [0.15, 0.2) is 67.0 Å². The van der Waals surface area contributed by atoms with Gasteiger partial charge in [-0.3, -0.25) is 14.4 Å². The lowest BCUT2D eigenvalue weighted by Gasteiger charge is -2.15. The van der Waals surface area contributed by atoms with Gasteiger partial charge in [-0.15, -0.1) is 0 Å². The molecule has 11 nitrogen and oxygen atoms in total. The van der Waals surface area contributed by atoms with Crippen molar-refractivity contribution < 1.29 is 42.5 Å². The first kappa shape index (κ1) is 26.6. The van der Waals surface area contributed by atoms with E-state index in [9.17, 15) is 24.3 Å². The van der Waals surface area contributed by atoms with E-state index in [-0.39, 0.29) is 71.4 Å².